The van der Waals surface area contributed by atoms with E-state index in [-0.39, 0.29) is 23.0 Å². The van der Waals surface area contributed by atoms with E-state index in [2.05, 4.69) is 4.98 Å². The van der Waals surface area contributed by atoms with Crippen molar-refractivity contribution >= 4 is 5.91 Å². The Morgan fingerprint density at radius 1 is 1.25 bits per heavy atom. The lowest BCUT2D eigenvalue weighted by Crippen LogP contribution is -2.39. The van der Waals surface area contributed by atoms with Crippen molar-refractivity contribution in [3.63, 3.8) is 0 Å². The fourth-order valence-electron chi connectivity index (χ4n) is 3.41. The second-order valence-corrected chi connectivity index (χ2v) is 6.94. The molecule has 1 aliphatic heterocycles. The smallest absolute Gasteiger partial charge is 0.416 e. The maximum atomic E-state index is 12.8. The van der Waals surface area contributed by atoms with Gasteiger partial charge >= 0.3 is 6.18 Å². The molecule has 150 valence electrons. The fraction of sp³-hybridized carbons (Fsp3) is 0.421. The standard InChI is InChI=1S/C19H20F3N3O3/c1-12(26)24-6-4-13(5-7-24)10-25-11-23-9-16(18(25)28)15-3-2-14(8-17(15)27)19(20,21)22/h2-3,8-9,11,13,27H,4-7,10H2,1H3. The number of hydrogen-bond donors (Lipinski definition) is 1. The third kappa shape index (κ3) is 4.18. The van der Waals surface area contributed by atoms with Gasteiger partial charge in [-0.3, -0.25) is 14.2 Å². The van der Waals surface area contributed by atoms with Crippen molar-refractivity contribution in [2.45, 2.75) is 32.5 Å². The first kappa shape index (κ1) is 19.9. The van der Waals surface area contributed by atoms with Crippen LogP contribution in [0.4, 0.5) is 13.2 Å². The molecule has 6 nitrogen and oxygen atoms in total. The molecule has 0 bridgehead atoms. The fourth-order valence-corrected chi connectivity index (χ4v) is 3.41. The third-order valence-corrected chi connectivity index (χ3v) is 5.03. The number of rotatable bonds is 3. The number of phenols is 1. The molecule has 1 saturated heterocycles. The van der Waals surface area contributed by atoms with Gasteiger partial charge in [0.05, 0.1) is 17.5 Å². The third-order valence-electron chi connectivity index (χ3n) is 5.03. The van der Waals surface area contributed by atoms with Gasteiger partial charge in [0.2, 0.25) is 5.91 Å². The highest BCUT2D eigenvalue weighted by Crippen LogP contribution is 2.35. The Morgan fingerprint density at radius 3 is 2.50 bits per heavy atom. The van der Waals surface area contributed by atoms with Crippen LogP contribution < -0.4 is 5.56 Å². The Kier molecular flexibility index (Phi) is 5.44. The van der Waals surface area contributed by atoms with E-state index in [0.717, 1.165) is 25.0 Å². The molecule has 1 aliphatic rings. The van der Waals surface area contributed by atoms with Gasteiger partial charge in [-0.15, -0.1) is 0 Å². The van der Waals surface area contributed by atoms with E-state index in [0.29, 0.717) is 25.7 Å². The van der Waals surface area contributed by atoms with E-state index in [1.54, 1.807) is 4.90 Å². The molecule has 9 heteroatoms. The minimum absolute atomic E-state index is 0.00579. The van der Waals surface area contributed by atoms with Gasteiger partial charge in [-0.05, 0) is 37.0 Å². The molecule has 0 spiro atoms. The summed E-state index contributed by atoms with van der Waals surface area (Å²) in [4.78, 5) is 29.9. The van der Waals surface area contributed by atoms with Crippen LogP contribution in [0.1, 0.15) is 25.3 Å². The summed E-state index contributed by atoms with van der Waals surface area (Å²) in [6.07, 6.45) is -0.465. The number of phenolic OH excluding ortho intramolecular Hbond substituents is 1. The first-order valence-corrected chi connectivity index (χ1v) is 8.87. The number of nitrogens with zero attached hydrogens (tertiary/aromatic N) is 3. The predicted octanol–water partition coefficient (Wildman–Crippen LogP) is 2.89. The molecule has 1 aromatic carbocycles. The quantitative estimate of drug-likeness (QED) is 0.867. The van der Waals surface area contributed by atoms with Gasteiger partial charge in [-0.1, -0.05) is 0 Å². The SMILES string of the molecule is CC(=O)N1CCC(Cn2cncc(-c3ccc(C(F)(F)F)cc3O)c2=O)CC1. The number of alkyl halides is 3. The normalized spacial score (nSPS) is 15.6. The number of amides is 1. The van der Waals surface area contributed by atoms with Crippen LogP contribution in [0.5, 0.6) is 5.75 Å². The summed E-state index contributed by atoms with van der Waals surface area (Å²) in [5, 5.41) is 10.0. The Balaban J connectivity index is 1.82. The van der Waals surface area contributed by atoms with Crippen molar-refractivity contribution in [2.24, 2.45) is 5.92 Å². The van der Waals surface area contributed by atoms with E-state index in [4.69, 9.17) is 0 Å². The molecule has 0 aliphatic carbocycles. The number of carbonyl (C=O) groups excluding carboxylic acids is 1. The molecule has 1 N–H and O–H groups in total. The number of halogens is 3. The largest absolute Gasteiger partial charge is 0.507 e. The second kappa shape index (κ2) is 7.65. The van der Waals surface area contributed by atoms with Crippen LogP contribution in [0.25, 0.3) is 11.1 Å². The highest BCUT2D eigenvalue weighted by atomic mass is 19.4. The molecule has 0 saturated carbocycles. The molecule has 0 radical (unpaired) electrons. The number of aromatic hydroxyl groups is 1. The van der Waals surface area contributed by atoms with Gasteiger partial charge in [0, 0.05) is 38.3 Å². The van der Waals surface area contributed by atoms with Crippen LogP contribution in [0.15, 0.2) is 35.5 Å². The summed E-state index contributed by atoms with van der Waals surface area (Å²) in [7, 11) is 0. The van der Waals surface area contributed by atoms with Crippen molar-refractivity contribution in [2.75, 3.05) is 13.1 Å². The molecule has 0 atom stereocenters. The Bertz CT molecular complexity index is 932. The van der Waals surface area contributed by atoms with Crippen LogP contribution >= 0.6 is 0 Å². The summed E-state index contributed by atoms with van der Waals surface area (Å²) >= 11 is 0. The number of hydrogen-bond acceptors (Lipinski definition) is 4. The Hall–Kier alpha value is -2.84. The van der Waals surface area contributed by atoms with Gasteiger partial charge in [0.1, 0.15) is 5.75 Å². The first-order chi connectivity index (χ1) is 13.2. The number of carbonyl (C=O) groups is 1. The number of piperidine rings is 1. The Morgan fingerprint density at radius 2 is 1.93 bits per heavy atom. The van der Waals surface area contributed by atoms with Crippen molar-refractivity contribution < 1.29 is 23.1 Å². The summed E-state index contributed by atoms with van der Waals surface area (Å²) in [6, 6.07) is 2.50. The highest BCUT2D eigenvalue weighted by molar-refractivity contribution is 5.73. The summed E-state index contributed by atoms with van der Waals surface area (Å²) in [6.45, 7) is 3.17. The summed E-state index contributed by atoms with van der Waals surface area (Å²) < 4.78 is 39.7. The molecular formula is C19H20F3N3O3. The first-order valence-electron chi connectivity index (χ1n) is 8.87. The molecule has 2 heterocycles. The second-order valence-electron chi connectivity index (χ2n) is 6.94. The average molecular weight is 395 g/mol. The molecule has 1 fully saturated rings. The van der Waals surface area contributed by atoms with Crippen LogP contribution in [-0.2, 0) is 17.5 Å². The van der Waals surface area contributed by atoms with E-state index in [1.165, 1.54) is 24.0 Å². The van der Waals surface area contributed by atoms with Crippen molar-refractivity contribution in [3.05, 3.63) is 46.6 Å². The minimum Gasteiger partial charge on any atom is -0.507 e. The predicted molar refractivity (Wildman–Crippen MR) is 95.6 cm³/mol. The van der Waals surface area contributed by atoms with Crippen LogP contribution in [0.3, 0.4) is 0 Å². The molecule has 1 amide bonds. The lowest BCUT2D eigenvalue weighted by atomic mass is 9.96. The topological polar surface area (TPSA) is 75.4 Å². The lowest BCUT2D eigenvalue weighted by Gasteiger charge is -2.31. The summed E-state index contributed by atoms with van der Waals surface area (Å²) in [5.74, 6) is -0.412. The van der Waals surface area contributed by atoms with Crippen molar-refractivity contribution in [3.8, 4) is 16.9 Å². The van der Waals surface area contributed by atoms with Gasteiger partial charge in [0.15, 0.2) is 0 Å². The number of aromatic nitrogens is 2. The van der Waals surface area contributed by atoms with Gasteiger partial charge in [0.25, 0.3) is 5.56 Å². The molecule has 2 aromatic rings. The van der Waals surface area contributed by atoms with Crippen LogP contribution in [0, 0.1) is 5.92 Å². The maximum Gasteiger partial charge on any atom is 0.416 e. The molecule has 3 rings (SSSR count). The zero-order valence-electron chi connectivity index (χ0n) is 15.2. The highest BCUT2D eigenvalue weighted by Gasteiger charge is 2.31. The monoisotopic (exact) mass is 395 g/mol. The van der Waals surface area contributed by atoms with Crippen molar-refractivity contribution in [1.82, 2.24) is 14.5 Å². The van der Waals surface area contributed by atoms with E-state index in [1.807, 2.05) is 0 Å². The van der Waals surface area contributed by atoms with E-state index >= 15 is 0 Å². The maximum absolute atomic E-state index is 12.8. The number of likely N-dealkylation sites (tertiary alicyclic amines) is 1. The molecular weight excluding hydrogens is 375 g/mol. The minimum atomic E-state index is -4.58. The number of benzene rings is 1. The van der Waals surface area contributed by atoms with Gasteiger partial charge < -0.3 is 10.0 Å². The van der Waals surface area contributed by atoms with E-state index in [9.17, 15) is 27.9 Å². The Labute approximate surface area is 159 Å². The zero-order valence-corrected chi connectivity index (χ0v) is 15.2. The van der Waals surface area contributed by atoms with Gasteiger partial charge in [-0.25, -0.2) is 4.98 Å². The zero-order chi connectivity index (χ0) is 20.5. The van der Waals surface area contributed by atoms with Crippen LogP contribution in [0.2, 0.25) is 0 Å². The van der Waals surface area contributed by atoms with Gasteiger partial charge in [-0.2, -0.15) is 13.2 Å². The van der Waals surface area contributed by atoms with E-state index < -0.39 is 23.0 Å². The lowest BCUT2D eigenvalue weighted by molar-refractivity contribution is -0.137. The molecule has 0 unspecified atom stereocenters. The molecule has 28 heavy (non-hydrogen) atoms. The van der Waals surface area contributed by atoms with Crippen molar-refractivity contribution in [1.29, 1.82) is 0 Å². The summed E-state index contributed by atoms with van der Waals surface area (Å²) in [5.41, 5.74) is -1.38. The van der Waals surface area contributed by atoms with Crippen LogP contribution in [-0.4, -0.2) is 38.6 Å². The molecule has 1 aromatic heterocycles. The average Bonchev–Trinajstić information content (AvgIpc) is 2.63.